The number of rotatable bonds is 3. The molecule has 0 aromatic heterocycles. The number of hydrogen-bond donors (Lipinski definition) is 1. The zero-order chi connectivity index (χ0) is 9.03. The minimum absolute atomic E-state index is 0.0548. The molecule has 0 N–H and O–H groups in total. The first-order valence-electron chi connectivity index (χ1n) is 4.68. The molecule has 1 fully saturated rings. The van der Waals surface area contributed by atoms with Crippen LogP contribution in [0.2, 0.25) is 0 Å². The molecule has 12 heavy (non-hydrogen) atoms. The van der Waals surface area contributed by atoms with Gasteiger partial charge in [0.25, 0.3) is 5.25 Å². The van der Waals surface area contributed by atoms with Crippen molar-refractivity contribution in [1.29, 1.82) is 0 Å². The molecule has 0 unspecified atom stereocenters. The first kappa shape index (κ1) is 10.3. The molecule has 0 nitrogen and oxygen atoms in total. The normalized spacial score (nSPS) is 21.2. The second-order valence-corrected chi connectivity index (χ2v) is 4.36. The summed E-state index contributed by atoms with van der Waals surface area (Å²) in [6.07, 6.45) is 6.62. The smallest absolute Gasteiger partial charge is 0.195 e. The topological polar surface area (TPSA) is 0 Å². The minimum Gasteiger partial charge on any atom is -0.195 e. The Kier molecular flexibility index (Phi) is 3.81. The molecule has 0 spiro atoms. The third-order valence-electron chi connectivity index (χ3n) is 2.58. The van der Waals surface area contributed by atoms with Gasteiger partial charge in [0.1, 0.15) is 0 Å². The molecule has 1 aliphatic rings. The lowest BCUT2D eigenvalue weighted by atomic mass is 9.86. The van der Waals surface area contributed by atoms with Crippen molar-refractivity contribution < 1.29 is 8.78 Å². The summed E-state index contributed by atoms with van der Waals surface area (Å²) in [7, 11) is 0. The standard InChI is InChI=1S/C9H16F2S/c10-9(11,12)7-6-8-4-2-1-3-5-8/h8,12H,1-7H2. The summed E-state index contributed by atoms with van der Waals surface area (Å²) in [4.78, 5) is 0. The number of hydrogen-bond acceptors (Lipinski definition) is 1. The van der Waals surface area contributed by atoms with Crippen LogP contribution < -0.4 is 0 Å². The van der Waals surface area contributed by atoms with E-state index in [9.17, 15) is 8.78 Å². The quantitative estimate of drug-likeness (QED) is 0.648. The third kappa shape index (κ3) is 4.29. The lowest BCUT2D eigenvalue weighted by Crippen LogP contribution is -2.12. The highest BCUT2D eigenvalue weighted by molar-refractivity contribution is 7.81. The van der Waals surface area contributed by atoms with E-state index in [1.165, 1.54) is 19.3 Å². The fraction of sp³-hybridized carbons (Fsp3) is 1.00. The highest BCUT2D eigenvalue weighted by Gasteiger charge is 2.24. The molecular weight excluding hydrogens is 178 g/mol. The Hall–Kier alpha value is 0.210. The molecule has 0 bridgehead atoms. The van der Waals surface area contributed by atoms with Crippen molar-refractivity contribution in [2.24, 2.45) is 5.92 Å². The summed E-state index contributed by atoms with van der Waals surface area (Å²) >= 11 is 3.22. The van der Waals surface area contributed by atoms with Crippen molar-refractivity contribution in [1.82, 2.24) is 0 Å². The van der Waals surface area contributed by atoms with Gasteiger partial charge in [0.05, 0.1) is 0 Å². The van der Waals surface area contributed by atoms with Gasteiger partial charge in [-0.1, -0.05) is 32.1 Å². The lowest BCUT2D eigenvalue weighted by molar-refractivity contribution is 0.0865. The Labute approximate surface area is 78.1 Å². The Morgan fingerprint density at radius 1 is 1.17 bits per heavy atom. The molecule has 1 rings (SSSR count). The number of halogens is 2. The maximum Gasteiger partial charge on any atom is 0.291 e. The SMILES string of the molecule is FC(F)(S)CCC1CCCCC1. The van der Waals surface area contributed by atoms with E-state index in [0.29, 0.717) is 12.3 Å². The Balaban J connectivity index is 2.13. The summed E-state index contributed by atoms with van der Waals surface area (Å²) in [5.74, 6) is 0.539. The van der Waals surface area contributed by atoms with Crippen molar-refractivity contribution in [2.45, 2.75) is 50.2 Å². The van der Waals surface area contributed by atoms with E-state index in [1.54, 1.807) is 0 Å². The van der Waals surface area contributed by atoms with E-state index in [2.05, 4.69) is 12.6 Å². The van der Waals surface area contributed by atoms with E-state index in [4.69, 9.17) is 0 Å². The van der Waals surface area contributed by atoms with Crippen molar-refractivity contribution in [3.8, 4) is 0 Å². The Bertz CT molecular complexity index is 125. The summed E-state index contributed by atoms with van der Waals surface area (Å²) in [5.41, 5.74) is 0. The summed E-state index contributed by atoms with van der Waals surface area (Å²) < 4.78 is 24.7. The number of alkyl halides is 2. The van der Waals surface area contributed by atoms with Gasteiger partial charge in [-0.05, 0) is 12.3 Å². The van der Waals surface area contributed by atoms with Crippen LogP contribution in [0.5, 0.6) is 0 Å². The predicted octanol–water partition coefficient (Wildman–Crippen LogP) is 3.87. The third-order valence-corrected chi connectivity index (χ3v) is 2.80. The van der Waals surface area contributed by atoms with Crippen molar-refractivity contribution in [3.05, 3.63) is 0 Å². The van der Waals surface area contributed by atoms with Gasteiger partial charge in [-0.2, -0.15) is 8.78 Å². The highest BCUT2D eigenvalue weighted by Crippen LogP contribution is 2.32. The summed E-state index contributed by atoms with van der Waals surface area (Å²) in [5, 5.41) is -2.75. The lowest BCUT2D eigenvalue weighted by Gasteiger charge is -2.22. The predicted molar refractivity (Wildman–Crippen MR) is 49.7 cm³/mol. The van der Waals surface area contributed by atoms with Gasteiger partial charge in [-0.15, -0.1) is 12.6 Å². The number of thiol groups is 1. The fourth-order valence-corrected chi connectivity index (χ4v) is 1.98. The van der Waals surface area contributed by atoms with Crippen LogP contribution in [-0.4, -0.2) is 5.25 Å². The Morgan fingerprint density at radius 3 is 2.25 bits per heavy atom. The van der Waals surface area contributed by atoms with Crippen molar-refractivity contribution in [2.75, 3.05) is 0 Å². The first-order valence-corrected chi connectivity index (χ1v) is 5.13. The molecule has 0 saturated heterocycles. The molecule has 1 saturated carbocycles. The van der Waals surface area contributed by atoms with Crippen LogP contribution >= 0.6 is 12.6 Å². The summed E-state index contributed by atoms with van der Waals surface area (Å²) in [6, 6.07) is 0. The molecule has 1 aliphatic carbocycles. The van der Waals surface area contributed by atoms with E-state index in [-0.39, 0.29) is 6.42 Å². The van der Waals surface area contributed by atoms with E-state index in [1.807, 2.05) is 0 Å². The molecule has 3 heteroatoms. The second kappa shape index (κ2) is 4.45. The molecule has 0 aliphatic heterocycles. The van der Waals surface area contributed by atoms with Crippen LogP contribution in [0.4, 0.5) is 8.78 Å². The van der Waals surface area contributed by atoms with E-state index >= 15 is 0 Å². The van der Waals surface area contributed by atoms with Crippen LogP contribution in [0, 0.1) is 5.92 Å². The average Bonchev–Trinajstić information content (AvgIpc) is 2.02. The van der Waals surface area contributed by atoms with Gasteiger partial charge >= 0.3 is 0 Å². The van der Waals surface area contributed by atoms with Crippen LogP contribution in [0.1, 0.15) is 44.9 Å². The zero-order valence-corrected chi connectivity index (χ0v) is 8.12. The van der Waals surface area contributed by atoms with E-state index < -0.39 is 5.25 Å². The van der Waals surface area contributed by atoms with Crippen LogP contribution in [0.3, 0.4) is 0 Å². The molecule has 0 heterocycles. The Morgan fingerprint density at radius 2 is 1.75 bits per heavy atom. The highest BCUT2D eigenvalue weighted by atomic mass is 32.1. The zero-order valence-electron chi connectivity index (χ0n) is 7.23. The average molecular weight is 194 g/mol. The second-order valence-electron chi connectivity index (χ2n) is 3.71. The molecule has 0 amide bonds. The van der Waals surface area contributed by atoms with Crippen LogP contribution in [0.15, 0.2) is 0 Å². The van der Waals surface area contributed by atoms with Gasteiger partial charge < -0.3 is 0 Å². The largest absolute Gasteiger partial charge is 0.291 e. The maximum atomic E-state index is 12.3. The fourth-order valence-electron chi connectivity index (χ4n) is 1.85. The molecule has 72 valence electrons. The van der Waals surface area contributed by atoms with Gasteiger partial charge in [0.2, 0.25) is 0 Å². The van der Waals surface area contributed by atoms with Crippen LogP contribution in [0.25, 0.3) is 0 Å². The van der Waals surface area contributed by atoms with Gasteiger partial charge in [-0.25, -0.2) is 0 Å². The minimum atomic E-state index is -2.75. The monoisotopic (exact) mass is 194 g/mol. The molecular formula is C9H16F2S. The molecule has 0 aromatic rings. The first-order chi connectivity index (χ1) is 5.58. The molecule has 0 radical (unpaired) electrons. The molecule has 0 atom stereocenters. The van der Waals surface area contributed by atoms with E-state index in [0.717, 1.165) is 12.8 Å². The summed E-state index contributed by atoms with van der Waals surface area (Å²) in [6.45, 7) is 0. The molecule has 0 aromatic carbocycles. The van der Waals surface area contributed by atoms with Crippen LogP contribution in [-0.2, 0) is 0 Å². The van der Waals surface area contributed by atoms with Gasteiger partial charge in [0.15, 0.2) is 0 Å². The van der Waals surface area contributed by atoms with Gasteiger partial charge in [0, 0.05) is 6.42 Å². The van der Waals surface area contributed by atoms with Crippen molar-refractivity contribution >= 4 is 12.6 Å². The maximum absolute atomic E-state index is 12.3. The van der Waals surface area contributed by atoms with Crippen molar-refractivity contribution in [3.63, 3.8) is 0 Å². The van der Waals surface area contributed by atoms with Gasteiger partial charge in [-0.3, -0.25) is 0 Å².